The molecule has 8 rings (SSSR count). The Morgan fingerprint density at radius 2 is 1.10 bits per heavy atom. The maximum atomic E-state index is 10.2. The van der Waals surface area contributed by atoms with Crippen LogP contribution in [0.15, 0.2) is 127 Å². The molecular formula is C38H24N4. The molecule has 7 aromatic rings. The lowest BCUT2D eigenvalue weighted by molar-refractivity contribution is 0.825. The summed E-state index contributed by atoms with van der Waals surface area (Å²) >= 11 is 0. The first kappa shape index (κ1) is 24.0. The van der Waals surface area contributed by atoms with Crippen molar-refractivity contribution in [2.75, 3.05) is 0 Å². The molecule has 0 bridgehead atoms. The molecule has 4 nitrogen and oxygen atoms in total. The summed E-state index contributed by atoms with van der Waals surface area (Å²) in [6.45, 7) is 0. The number of hydrogen-bond acceptors (Lipinski definition) is 2. The molecule has 2 heterocycles. The molecule has 1 atom stereocenters. The maximum absolute atomic E-state index is 10.2. The lowest BCUT2D eigenvalue weighted by atomic mass is 9.90. The number of allylic oxidation sites excluding steroid dienone is 4. The first-order chi connectivity index (χ1) is 20.7. The summed E-state index contributed by atoms with van der Waals surface area (Å²) < 4.78 is 4.53. The summed E-state index contributed by atoms with van der Waals surface area (Å²) in [7, 11) is 0. The predicted molar refractivity (Wildman–Crippen MR) is 171 cm³/mol. The minimum atomic E-state index is -0.289. The smallest absolute Gasteiger partial charge is 0.0992 e. The Hall–Kier alpha value is -5.84. The highest BCUT2D eigenvalue weighted by Gasteiger charge is 2.22. The fraction of sp³-hybridized carbons (Fsp3) is 0.0526. The van der Waals surface area contributed by atoms with E-state index in [2.05, 4.69) is 130 Å². The van der Waals surface area contributed by atoms with Crippen molar-refractivity contribution < 1.29 is 0 Å². The van der Waals surface area contributed by atoms with E-state index in [-0.39, 0.29) is 5.92 Å². The number of hydrogen-bond donors (Lipinski definition) is 0. The van der Waals surface area contributed by atoms with Crippen LogP contribution in [0.1, 0.15) is 17.5 Å². The van der Waals surface area contributed by atoms with Gasteiger partial charge < -0.3 is 9.13 Å². The van der Waals surface area contributed by atoms with Crippen LogP contribution >= 0.6 is 0 Å². The standard InChI is InChI=1S/C38H24N4/c39-23-25-17-27(21-29(19-25)41-35-13-5-1-9-31(35)32-10-2-6-14-36(32)41)28-18-26(24-40)20-30(22-28)42-37-15-7-3-11-33(37)34-12-4-8-16-38(34)42/h1-19,21-22,26H,20H2. The quantitative estimate of drug-likeness (QED) is 0.226. The van der Waals surface area contributed by atoms with Crippen molar-refractivity contribution in [3.63, 3.8) is 0 Å². The minimum absolute atomic E-state index is 0.289. The van der Waals surface area contributed by atoms with E-state index in [1.807, 2.05) is 18.2 Å². The van der Waals surface area contributed by atoms with Crippen LogP contribution < -0.4 is 0 Å². The van der Waals surface area contributed by atoms with Crippen LogP contribution in [0.2, 0.25) is 0 Å². The number of nitriles is 2. The highest BCUT2D eigenvalue weighted by Crippen LogP contribution is 2.39. The van der Waals surface area contributed by atoms with Gasteiger partial charge in [-0.15, -0.1) is 0 Å². The van der Waals surface area contributed by atoms with Gasteiger partial charge in [0.05, 0.1) is 45.7 Å². The van der Waals surface area contributed by atoms with E-state index in [1.54, 1.807) is 0 Å². The normalized spacial score (nSPS) is 15.0. The van der Waals surface area contributed by atoms with Crippen molar-refractivity contribution >= 4 is 54.9 Å². The molecule has 5 aromatic carbocycles. The van der Waals surface area contributed by atoms with Gasteiger partial charge in [0, 0.05) is 39.4 Å². The maximum Gasteiger partial charge on any atom is 0.0992 e. The predicted octanol–water partition coefficient (Wildman–Crippen LogP) is 9.23. The van der Waals surface area contributed by atoms with Crippen LogP contribution in [0.5, 0.6) is 0 Å². The molecule has 1 aliphatic rings. The Balaban J connectivity index is 1.36. The van der Waals surface area contributed by atoms with Crippen molar-refractivity contribution in [1.82, 2.24) is 9.13 Å². The lowest BCUT2D eigenvalue weighted by Crippen LogP contribution is -2.08. The van der Waals surface area contributed by atoms with Crippen molar-refractivity contribution in [2.45, 2.75) is 6.42 Å². The van der Waals surface area contributed by atoms with Gasteiger partial charge in [-0.25, -0.2) is 0 Å². The molecule has 4 heteroatoms. The van der Waals surface area contributed by atoms with E-state index in [4.69, 9.17) is 0 Å². The fourth-order valence-electron chi connectivity index (χ4n) is 6.61. The van der Waals surface area contributed by atoms with Crippen LogP contribution in [0.25, 0.3) is 60.6 Å². The first-order valence-corrected chi connectivity index (χ1v) is 14.1. The summed E-state index contributed by atoms with van der Waals surface area (Å²) in [4.78, 5) is 0. The van der Waals surface area contributed by atoms with Crippen molar-refractivity contribution in [1.29, 1.82) is 10.5 Å². The number of aromatic nitrogens is 2. The van der Waals surface area contributed by atoms with E-state index in [1.165, 1.54) is 21.5 Å². The Kier molecular flexibility index (Phi) is 5.36. The van der Waals surface area contributed by atoms with E-state index < -0.39 is 0 Å². The van der Waals surface area contributed by atoms with E-state index in [0.29, 0.717) is 12.0 Å². The van der Waals surface area contributed by atoms with E-state index >= 15 is 0 Å². The molecule has 1 aliphatic carbocycles. The molecule has 0 N–H and O–H groups in total. The van der Waals surface area contributed by atoms with Gasteiger partial charge in [-0.1, -0.05) is 78.9 Å². The monoisotopic (exact) mass is 536 g/mol. The zero-order chi connectivity index (χ0) is 28.2. The molecule has 0 fully saturated rings. The van der Waals surface area contributed by atoms with Crippen LogP contribution in [-0.2, 0) is 0 Å². The number of benzene rings is 5. The van der Waals surface area contributed by atoms with Crippen molar-refractivity contribution in [3.05, 3.63) is 139 Å². The fourth-order valence-corrected chi connectivity index (χ4v) is 6.61. The molecule has 196 valence electrons. The third-order valence-corrected chi connectivity index (χ3v) is 8.38. The summed E-state index contributed by atoms with van der Waals surface area (Å²) in [6.07, 6.45) is 4.85. The third kappa shape index (κ3) is 3.60. The molecule has 0 spiro atoms. The second kappa shape index (κ2) is 9.37. The Morgan fingerprint density at radius 1 is 0.595 bits per heavy atom. The Labute approximate surface area is 242 Å². The molecule has 0 aliphatic heterocycles. The van der Waals surface area contributed by atoms with Gasteiger partial charge in [0.1, 0.15) is 0 Å². The summed E-state index contributed by atoms with van der Waals surface area (Å²) in [5.41, 5.74) is 8.87. The van der Waals surface area contributed by atoms with Gasteiger partial charge in [0.15, 0.2) is 0 Å². The highest BCUT2D eigenvalue weighted by molar-refractivity contribution is 6.11. The number of rotatable bonds is 3. The zero-order valence-electron chi connectivity index (χ0n) is 22.7. The van der Waals surface area contributed by atoms with E-state index in [9.17, 15) is 10.5 Å². The van der Waals surface area contributed by atoms with Gasteiger partial charge in [-0.3, -0.25) is 0 Å². The Bertz CT molecular complexity index is 2260. The first-order valence-electron chi connectivity index (χ1n) is 14.1. The average Bonchev–Trinajstić information content (AvgIpc) is 3.57. The number of nitrogens with zero attached hydrogens (tertiary/aromatic N) is 4. The molecule has 0 amide bonds. The van der Waals surface area contributed by atoms with Crippen LogP contribution in [0.4, 0.5) is 0 Å². The molecular weight excluding hydrogens is 512 g/mol. The molecule has 0 saturated carbocycles. The third-order valence-electron chi connectivity index (χ3n) is 8.38. The summed E-state index contributed by atoms with van der Waals surface area (Å²) in [6, 6.07) is 44.6. The van der Waals surface area contributed by atoms with Crippen LogP contribution in [-0.4, -0.2) is 9.13 Å². The van der Waals surface area contributed by atoms with Gasteiger partial charge in [-0.2, -0.15) is 10.5 Å². The van der Waals surface area contributed by atoms with Gasteiger partial charge in [0.2, 0.25) is 0 Å². The highest BCUT2D eigenvalue weighted by atomic mass is 15.0. The average molecular weight is 537 g/mol. The number of fused-ring (bicyclic) bond motifs is 6. The second-order valence-electron chi connectivity index (χ2n) is 10.8. The van der Waals surface area contributed by atoms with Crippen molar-refractivity contribution in [3.8, 4) is 17.8 Å². The van der Waals surface area contributed by atoms with Gasteiger partial charge >= 0.3 is 0 Å². The van der Waals surface area contributed by atoms with Crippen molar-refractivity contribution in [2.24, 2.45) is 5.92 Å². The molecule has 1 unspecified atom stereocenters. The van der Waals surface area contributed by atoms with Gasteiger partial charge in [0.25, 0.3) is 0 Å². The topological polar surface area (TPSA) is 57.4 Å². The zero-order valence-corrected chi connectivity index (χ0v) is 22.7. The SMILES string of the molecule is N#Cc1cc(C2=CC(C#N)CC(n3c4ccccc4c4ccccc43)=C2)cc(-n2c3ccccc3c3ccccc32)c1. The summed E-state index contributed by atoms with van der Waals surface area (Å²) in [5, 5.41) is 25.0. The van der Waals surface area contributed by atoms with E-state index in [0.717, 1.165) is 44.6 Å². The molecule has 42 heavy (non-hydrogen) atoms. The molecule has 0 saturated heterocycles. The summed E-state index contributed by atoms with van der Waals surface area (Å²) in [5.74, 6) is -0.289. The largest absolute Gasteiger partial charge is 0.313 e. The second-order valence-corrected chi connectivity index (χ2v) is 10.8. The number of para-hydroxylation sites is 4. The lowest BCUT2D eigenvalue weighted by Gasteiger charge is -2.21. The molecule has 2 aromatic heterocycles. The van der Waals surface area contributed by atoms with Crippen LogP contribution in [0.3, 0.4) is 0 Å². The van der Waals surface area contributed by atoms with Gasteiger partial charge in [-0.05, 0) is 59.7 Å². The minimum Gasteiger partial charge on any atom is -0.313 e. The molecule has 0 radical (unpaired) electrons. The Morgan fingerprint density at radius 3 is 1.60 bits per heavy atom. The van der Waals surface area contributed by atoms with Crippen LogP contribution in [0, 0.1) is 28.6 Å².